The predicted octanol–water partition coefficient (Wildman–Crippen LogP) is 3.89. The van der Waals surface area contributed by atoms with Crippen molar-refractivity contribution in [1.29, 1.82) is 0 Å². The number of aromatic nitrogens is 2. The molecule has 0 unspecified atom stereocenters. The predicted molar refractivity (Wildman–Crippen MR) is 138 cm³/mol. The van der Waals surface area contributed by atoms with Crippen molar-refractivity contribution in [1.82, 2.24) is 19.8 Å². The fourth-order valence-electron chi connectivity index (χ4n) is 5.13. The van der Waals surface area contributed by atoms with Crippen molar-refractivity contribution < 1.29 is 0 Å². The Kier molecular flexibility index (Phi) is 7.41. The molecule has 2 aromatic rings. The van der Waals surface area contributed by atoms with Crippen molar-refractivity contribution in [2.75, 3.05) is 49.1 Å². The molecule has 4 rings (SSSR count). The molecule has 2 aliphatic heterocycles. The van der Waals surface area contributed by atoms with E-state index >= 15 is 0 Å². The van der Waals surface area contributed by atoms with Gasteiger partial charge in [-0.25, -0.2) is 9.97 Å². The van der Waals surface area contributed by atoms with Crippen molar-refractivity contribution in [2.24, 2.45) is 0 Å². The van der Waals surface area contributed by atoms with Crippen LogP contribution in [-0.4, -0.2) is 64.6 Å². The van der Waals surface area contributed by atoms with Crippen molar-refractivity contribution in [3.63, 3.8) is 0 Å². The number of piperidine rings is 1. The Morgan fingerprint density at radius 2 is 1.79 bits per heavy atom. The van der Waals surface area contributed by atoms with Crippen LogP contribution in [0.2, 0.25) is 5.15 Å². The fraction of sp³-hybridized carbons (Fsp3) is 0.520. The minimum atomic E-state index is 0.394. The van der Waals surface area contributed by atoms with Gasteiger partial charge in [0.25, 0.3) is 0 Å². The second-order valence-corrected chi connectivity index (χ2v) is 9.71. The number of nitrogens with zero attached hydrogens (tertiary/aromatic N) is 5. The zero-order valence-electron chi connectivity index (χ0n) is 19.8. The molecular weight excluding hydrogens is 434 g/mol. The minimum absolute atomic E-state index is 0.394. The number of rotatable bonds is 6. The van der Waals surface area contributed by atoms with Gasteiger partial charge < -0.3 is 16.4 Å². The lowest BCUT2D eigenvalue weighted by atomic mass is 9.98. The Hall–Kier alpha value is -2.35. The number of piperazine rings is 1. The molecule has 0 amide bonds. The molecule has 178 valence electrons. The molecule has 1 atom stereocenters. The minimum Gasteiger partial charge on any atom is -0.399 e. The van der Waals surface area contributed by atoms with Crippen molar-refractivity contribution >= 4 is 34.5 Å². The van der Waals surface area contributed by atoms with Gasteiger partial charge in [-0.3, -0.25) is 9.80 Å². The van der Waals surface area contributed by atoms with Crippen LogP contribution in [0.3, 0.4) is 0 Å². The molecule has 0 radical (unpaired) electrons. The quantitative estimate of drug-likeness (QED) is 0.620. The molecule has 3 heterocycles. The van der Waals surface area contributed by atoms with Crippen LogP contribution >= 0.6 is 11.6 Å². The van der Waals surface area contributed by atoms with E-state index in [9.17, 15) is 0 Å². The molecule has 1 aromatic heterocycles. The van der Waals surface area contributed by atoms with Crippen LogP contribution in [0.5, 0.6) is 0 Å². The molecule has 7 nitrogen and oxygen atoms in total. The van der Waals surface area contributed by atoms with Gasteiger partial charge in [0, 0.05) is 44.0 Å². The third kappa shape index (κ3) is 5.42. The molecule has 8 heteroatoms. The summed E-state index contributed by atoms with van der Waals surface area (Å²) in [5.41, 5.74) is 15.5. The summed E-state index contributed by atoms with van der Waals surface area (Å²) >= 11 is 6.51. The summed E-state index contributed by atoms with van der Waals surface area (Å²) in [7, 11) is 0. The highest BCUT2D eigenvalue weighted by molar-refractivity contribution is 6.31. The first kappa shape index (κ1) is 23.8. The lowest BCUT2D eigenvalue weighted by molar-refractivity contribution is 0.0610. The van der Waals surface area contributed by atoms with E-state index in [1.54, 1.807) is 0 Å². The van der Waals surface area contributed by atoms with E-state index in [0.717, 1.165) is 56.9 Å². The van der Waals surface area contributed by atoms with E-state index in [2.05, 4.69) is 50.3 Å². The van der Waals surface area contributed by atoms with E-state index in [-0.39, 0.29) is 0 Å². The maximum atomic E-state index is 6.51. The van der Waals surface area contributed by atoms with E-state index in [0.29, 0.717) is 34.6 Å². The van der Waals surface area contributed by atoms with Crippen LogP contribution in [0.15, 0.2) is 30.8 Å². The van der Waals surface area contributed by atoms with E-state index in [4.69, 9.17) is 23.1 Å². The van der Waals surface area contributed by atoms with Crippen LogP contribution in [0.25, 0.3) is 5.57 Å². The monoisotopic (exact) mass is 469 g/mol. The molecule has 33 heavy (non-hydrogen) atoms. The van der Waals surface area contributed by atoms with Gasteiger partial charge in [0.15, 0.2) is 16.8 Å². The third-order valence-electron chi connectivity index (χ3n) is 6.98. The lowest BCUT2D eigenvalue weighted by Gasteiger charge is -2.47. The summed E-state index contributed by atoms with van der Waals surface area (Å²) in [6, 6.07) is 9.34. The highest BCUT2D eigenvalue weighted by Crippen LogP contribution is 2.31. The number of hydrogen-bond donors (Lipinski definition) is 2. The van der Waals surface area contributed by atoms with E-state index < -0.39 is 0 Å². The Morgan fingerprint density at radius 3 is 2.42 bits per heavy atom. The molecule has 0 spiro atoms. The molecule has 2 saturated heterocycles. The number of likely N-dealkylation sites (tertiary alicyclic amines) is 1. The van der Waals surface area contributed by atoms with Gasteiger partial charge in [0.05, 0.1) is 0 Å². The summed E-state index contributed by atoms with van der Waals surface area (Å²) < 4.78 is 0. The van der Waals surface area contributed by atoms with Gasteiger partial charge in [-0.15, -0.1) is 0 Å². The largest absolute Gasteiger partial charge is 0.399 e. The maximum absolute atomic E-state index is 6.51. The summed E-state index contributed by atoms with van der Waals surface area (Å²) in [4.78, 5) is 16.6. The molecule has 0 saturated carbocycles. The summed E-state index contributed by atoms with van der Waals surface area (Å²) in [6.45, 7) is 14.1. The Morgan fingerprint density at radius 1 is 1.09 bits per heavy atom. The van der Waals surface area contributed by atoms with Gasteiger partial charge in [-0.1, -0.05) is 37.2 Å². The SMILES string of the molecule is C=C(C)c1nc(Cl)c(N2CCN(C3CCN(Cc4ccc(N)cc4)CC3)[C@@H](CC)C2)nc1N. The van der Waals surface area contributed by atoms with Gasteiger partial charge in [-0.05, 0) is 62.5 Å². The topological polar surface area (TPSA) is 87.5 Å². The summed E-state index contributed by atoms with van der Waals surface area (Å²) in [6.07, 6.45) is 3.49. The van der Waals surface area contributed by atoms with Crippen LogP contribution in [0, 0.1) is 0 Å². The van der Waals surface area contributed by atoms with E-state index in [1.807, 2.05) is 19.1 Å². The Bertz CT molecular complexity index is 969. The number of hydrogen-bond acceptors (Lipinski definition) is 7. The average Bonchev–Trinajstić information content (AvgIpc) is 2.82. The molecule has 0 bridgehead atoms. The molecule has 4 N–H and O–H groups in total. The van der Waals surface area contributed by atoms with Gasteiger partial charge in [0.2, 0.25) is 0 Å². The second kappa shape index (κ2) is 10.3. The molecule has 1 aromatic carbocycles. The maximum Gasteiger partial charge on any atom is 0.172 e. The van der Waals surface area contributed by atoms with Crippen LogP contribution in [0.4, 0.5) is 17.3 Å². The van der Waals surface area contributed by atoms with Crippen molar-refractivity contribution in [3.8, 4) is 0 Å². The summed E-state index contributed by atoms with van der Waals surface area (Å²) in [5, 5.41) is 0.404. The van der Waals surface area contributed by atoms with E-state index in [1.165, 1.54) is 18.4 Å². The molecule has 2 aliphatic rings. The van der Waals surface area contributed by atoms with Gasteiger partial charge in [-0.2, -0.15) is 0 Å². The third-order valence-corrected chi connectivity index (χ3v) is 7.23. The van der Waals surface area contributed by atoms with Gasteiger partial charge in [0.1, 0.15) is 5.69 Å². The zero-order chi connectivity index (χ0) is 23.5. The molecular formula is C25H36ClN7. The summed E-state index contributed by atoms with van der Waals surface area (Å²) in [5.74, 6) is 1.08. The van der Waals surface area contributed by atoms with Crippen LogP contribution < -0.4 is 16.4 Å². The molecule has 0 aliphatic carbocycles. The first-order chi connectivity index (χ1) is 15.9. The number of nitrogens with two attached hydrogens (primary N) is 2. The number of allylic oxidation sites excluding steroid dienone is 1. The number of benzene rings is 1. The average molecular weight is 470 g/mol. The highest BCUT2D eigenvalue weighted by Gasteiger charge is 2.34. The number of anilines is 3. The van der Waals surface area contributed by atoms with Gasteiger partial charge >= 0.3 is 0 Å². The van der Waals surface area contributed by atoms with Crippen LogP contribution in [-0.2, 0) is 6.54 Å². The van der Waals surface area contributed by atoms with Crippen LogP contribution in [0.1, 0.15) is 44.4 Å². The standard InChI is InChI=1S/C25H36ClN7/c1-4-20-16-32(25-23(26)29-22(17(2)3)24(28)30-25)13-14-33(20)21-9-11-31(12-10-21)15-18-5-7-19(27)8-6-18/h5-8,20-21H,2,4,9-16,27H2,1,3H3,(H2,28,30)/t20-/m0/s1. The number of nitrogen functional groups attached to an aromatic ring is 2. The van der Waals surface area contributed by atoms with Crippen molar-refractivity contribution in [2.45, 2.75) is 51.7 Å². The zero-order valence-corrected chi connectivity index (χ0v) is 20.6. The lowest BCUT2D eigenvalue weighted by Crippen LogP contribution is -2.58. The van der Waals surface area contributed by atoms with Crippen molar-refractivity contribution in [3.05, 3.63) is 47.3 Å². The highest BCUT2D eigenvalue weighted by atomic mass is 35.5. The number of halogens is 1. The second-order valence-electron chi connectivity index (χ2n) is 9.35. The Labute approximate surface area is 202 Å². The first-order valence-corrected chi connectivity index (χ1v) is 12.3. The normalized spacial score (nSPS) is 20.8. The molecule has 2 fully saturated rings. The Balaban J connectivity index is 1.36. The fourth-order valence-corrected chi connectivity index (χ4v) is 5.38. The first-order valence-electron chi connectivity index (χ1n) is 11.9. The smallest absolute Gasteiger partial charge is 0.172 e.